The van der Waals surface area contributed by atoms with Gasteiger partial charge in [-0.05, 0) is 48.0 Å². The highest BCUT2D eigenvalue weighted by molar-refractivity contribution is 7.77. The molecule has 40 heavy (non-hydrogen) atoms. The summed E-state index contributed by atoms with van der Waals surface area (Å²) in [4.78, 5) is 27.5. The Morgan fingerprint density at radius 3 is 2.35 bits per heavy atom. The summed E-state index contributed by atoms with van der Waals surface area (Å²) in [6.07, 6.45) is 4.85. The zero-order valence-electron chi connectivity index (χ0n) is 20.7. The van der Waals surface area contributed by atoms with Crippen LogP contribution in [0.15, 0.2) is 102 Å². The molecule has 0 amide bonds. The fourth-order valence-corrected chi connectivity index (χ4v) is 4.76. The van der Waals surface area contributed by atoms with Crippen molar-refractivity contribution >= 4 is 33.9 Å². The van der Waals surface area contributed by atoms with Crippen molar-refractivity contribution in [1.82, 2.24) is 34.0 Å². The second-order valence-electron chi connectivity index (χ2n) is 8.74. The number of rotatable bonds is 7. The zero-order chi connectivity index (χ0) is 27.6. The first-order chi connectivity index (χ1) is 19.5. The van der Waals surface area contributed by atoms with Crippen molar-refractivity contribution in [1.29, 1.82) is 0 Å². The minimum Gasteiger partial charge on any atom is -0.294 e. The minimum atomic E-state index is -2.14. The molecule has 6 aromatic rings. The van der Waals surface area contributed by atoms with Gasteiger partial charge in [0.2, 0.25) is 11.3 Å². The lowest BCUT2D eigenvalue weighted by Gasteiger charge is -2.14. The highest BCUT2D eigenvalue weighted by Gasteiger charge is 2.19. The van der Waals surface area contributed by atoms with Gasteiger partial charge >= 0.3 is 0 Å². The van der Waals surface area contributed by atoms with Crippen LogP contribution in [-0.2, 0) is 17.8 Å². The molecule has 10 nitrogen and oxygen atoms in total. The predicted octanol–water partition coefficient (Wildman–Crippen LogP) is 4.58. The van der Waals surface area contributed by atoms with E-state index >= 15 is 0 Å². The van der Waals surface area contributed by atoms with Gasteiger partial charge in [0.25, 0.3) is 5.56 Å². The van der Waals surface area contributed by atoms with Crippen LogP contribution in [0, 0.1) is 0 Å². The molecular weight excluding hydrogens is 550 g/mol. The second kappa shape index (κ2) is 10.9. The Hall–Kier alpha value is -4.55. The lowest BCUT2D eigenvalue weighted by Crippen LogP contribution is -2.22. The van der Waals surface area contributed by atoms with Gasteiger partial charge in [0.1, 0.15) is 11.2 Å². The Bertz CT molecular complexity index is 1910. The molecule has 3 aromatic carbocycles. The molecule has 198 valence electrons. The topological polar surface area (TPSA) is 128 Å². The van der Waals surface area contributed by atoms with Crippen LogP contribution in [0.5, 0.6) is 0 Å². The maximum atomic E-state index is 13.9. The molecule has 12 heteroatoms. The summed E-state index contributed by atoms with van der Waals surface area (Å²) in [6, 6.07) is 23.5. The van der Waals surface area contributed by atoms with Gasteiger partial charge in [0, 0.05) is 35.1 Å². The van der Waals surface area contributed by atoms with Gasteiger partial charge in [-0.3, -0.25) is 13.9 Å². The number of hydrogen-bond donors (Lipinski definition) is 2. The van der Waals surface area contributed by atoms with Crippen LogP contribution in [0.25, 0.3) is 45.2 Å². The van der Waals surface area contributed by atoms with Gasteiger partial charge in [0.05, 0.1) is 17.6 Å². The first kappa shape index (κ1) is 25.7. The van der Waals surface area contributed by atoms with E-state index in [1.54, 1.807) is 53.5 Å². The number of nitrogens with zero attached hydrogens (tertiary/aromatic N) is 6. The second-order valence-corrected chi connectivity index (χ2v) is 9.96. The van der Waals surface area contributed by atoms with Gasteiger partial charge < -0.3 is 0 Å². The average Bonchev–Trinajstić information content (AvgIpc) is 3.42. The largest absolute Gasteiger partial charge is 0.294 e. The van der Waals surface area contributed by atoms with Crippen molar-refractivity contribution in [3.05, 3.63) is 118 Å². The number of halogens is 1. The molecule has 3 aromatic heterocycles. The molecule has 1 atom stereocenters. The maximum absolute atomic E-state index is 13.9. The van der Waals surface area contributed by atoms with Crippen molar-refractivity contribution in [2.24, 2.45) is 0 Å². The van der Waals surface area contributed by atoms with Crippen LogP contribution in [0.3, 0.4) is 0 Å². The number of fused-ring (bicyclic) bond motifs is 1. The Morgan fingerprint density at radius 1 is 0.900 bits per heavy atom. The van der Waals surface area contributed by atoms with Crippen molar-refractivity contribution < 1.29 is 8.76 Å². The zero-order valence-corrected chi connectivity index (χ0v) is 22.3. The molecule has 0 aliphatic carbocycles. The normalized spacial score (nSPS) is 12.1. The minimum absolute atomic E-state index is 0.176. The fraction of sp³-hybridized carbons (Fsp3) is 0.0357. The summed E-state index contributed by atoms with van der Waals surface area (Å²) in [5.41, 5.74) is 3.62. The third-order valence-corrected chi connectivity index (χ3v) is 6.85. The van der Waals surface area contributed by atoms with E-state index < -0.39 is 11.3 Å². The van der Waals surface area contributed by atoms with E-state index in [0.717, 1.165) is 11.1 Å². The van der Waals surface area contributed by atoms with Crippen molar-refractivity contribution in [3.8, 4) is 34.2 Å². The summed E-state index contributed by atoms with van der Waals surface area (Å²) in [5.74, 6) is 1.00. The van der Waals surface area contributed by atoms with E-state index in [9.17, 15) is 9.00 Å². The van der Waals surface area contributed by atoms with Crippen molar-refractivity contribution in [2.45, 2.75) is 6.54 Å². The average molecular weight is 570 g/mol. The van der Waals surface area contributed by atoms with Gasteiger partial charge in [-0.15, -0.1) is 0 Å². The molecule has 0 saturated carbocycles. The van der Waals surface area contributed by atoms with Crippen LogP contribution >= 0.6 is 11.6 Å². The summed E-state index contributed by atoms with van der Waals surface area (Å²) in [5, 5.41) is 5.35. The molecule has 6 rings (SSSR count). The lowest BCUT2D eigenvalue weighted by atomic mass is 10.1. The van der Waals surface area contributed by atoms with Crippen LogP contribution < -0.4 is 10.3 Å². The monoisotopic (exact) mass is 569 g/mol. The van der Waals surface area contributed by atoms with Crippen LogP contribution in [0.1, 0.15) is 5.56 Å². The number of nitrogens with one attached hydrogen (secondary N) is 1. The van der Waals surface area contributed by atoms with Crippen LogP contribution in [0.4, 0.5) is 0 Å². The molecule has 0 aliphatic rings. The molecule has 1 unspecified atom stereocenters. The van der Waals surface area contributed by atoms with E-state index in [0.29, 0.717) is 44.6 Å². The molecule has 3 heterocycles. The lowest BCUT2D eigenvalue weighted by molar-refractivity contribution is 0.548. The van der Waals surface area contributed by atoms with Gasteiger partial charge in [0.15, 0.2) is 11.5 Å². The highest BCUT2D eigenvalue weighted by Crippen LogP contribution is 2.26. The van der Waals surface area contributed by atoms with Crippen LogP contribution in [-0.4, -0.2) is 38.1 Å². The quantitative estimate of drug-likeness (QED) is 0.269. The standard InChI is InChI=1S/C28H20ClN7O3S/c29-21-9-11-22(12-10-21)35-26(20-7-5-19(6-8-20)25-30-13-2-14-31-25)34-27-24(28(35)37)17-32-36(27)23-4-1-3-18(15-23)16-33-40(38)39/h1-15,17,33H,16H2,(H,38,39). The number of hydrogen-bond acceptors (Lipinski definition) is 6. The maximum Gasteiger partial charge on any atom is 0.269 e. The Labute approximate surface area is 235 Å². The molecular formula is C28H20ClN7O3S. The number of aromatic nitrogens is 6. The molecule has 0 spiro atoms. The number of benzene rings is 3. The molecule has 0 fully saturated rings. The summed E-state index contributed by atoms with van der Waals surface area (Å²) < 4.78 is 25.7. The predicted molar refractivity (Wildman–Crippen MR) is 154 cm³/mol. The molecule has 0 saturated heterocycles. The highest BCUT2D eigenvalue weighted by atomic mass is 35.5. The Kier molecular flexibility index (Phi) is 7.01. The smallest absolute Gasteiger partial charge is 0.269 e. The first-order valence-corrected chi connectivity index (χ1v) is 13.5. The van der Waals surface area contributed by atoms with Gasteiger partial charge in [-0.25, -0.2) is 28.6 Å². The van der Waals surface area contributed by atoms with Crippen LogP contribution in [0.2, 0.25) is 5.02 Å². The van der Waals surface area contributed by atoms with E-state index in [4.69, 9.17) is 21.1 Å². The molecule has 0 aliphatic heterocycles. The van der Waals surface area contributed by atoms with E-state index in [-0.39, 0.29) is 12.1 Å². The van der Waals surface area contributed by atoms with E-state index in [2.05, 4.69) is 19.8 Å². The van der Waals surface area contributed by atoms with E-state index in [1.807, 2.05) is 42.5 Å². The van der Waals surface area contributed by atoms with E-state index in [1.165, 1.54) is 10.8 Å². The molecule has 0 radical (unpaired) electrons. The summed E-state index contributed by atoms with van der Waals surface area (Å²) in [6.45, 7) is 0.176. The Morgan fingerprint density at radius 2 is 1.62 bits per heavy atom. The summed E-state index contributed by atoms with van der Waals surface area (Å²) in [7, 11) is 0. The van der Waals surface area contributed by atoms with Crippen molar-refractivity contribution in [3.63, 3.8) is 0 Å². The van der Waals surface area contributed by atoms with Gasteiger partial charge in [-0.1, -0.05) is 48.0 Å². The fourth-order valence-electron chi connectivity index (χ4n) is 4.34. The molecule has 0 bridgehead atoms. The SMILES string of the molecule is O=c1c2cnn(-c3cccc(CNS(=O)O)c3)c2nc(-c2ccc(-c3ncccn3)cc2)n1-c1ccc(Cl)cc1. The van der Waals surface area contributed by atoms with Crippen molar-refractivity contribution in [2.75, 3.05) is 0 Å². The third kappa shape index (κ3) is 5.06. The van der Waals surface area contributed by atoms with Gasteiger partial charge in [-0.2, -0.15) is 5.10 Å². The first-order valence-electron chi connectivity index (χ1n) is 12.1. The Balaban J connectivity index is 1.53. The molecule has 2 N–H and O–H groups in total. The third-order valence-electron chi connectivity index (χ3n) is 6.21. The summed E-state index contributed by atoms with van der Waals surface area (Å²) >= 11 is 3.99.